The van der Waals surface area contributed by atoms with Crippen molar-refractivity contribution in [3.05, 3.63) is 39.7 Å². The predicted octanol–water partition coefficient (Wildman–Crippen LogP) is 2.86. The van der Waals surface area contributed by atoms with Crippen LogP contribution in [-0.2, 0) is 19.3 Å². The monoisotopic (exact) mass is 248 g/mol. The number of fused-ring (bicyclic) bond motifs is 1. The van der Waals surface area contributed by atoms with E-state index in [4.69, 9.17) is 15.1 Å². The summed E-state index contributed by atoms with van der Waals surface area (Å²) >= 11 is 1.83. The second-order valence-electron chi connectivity index (χ2n) is 4.51. The van der Waals surface area contributed by atoms with Crippen LogP contribution in [0.3, 0.4) is 0 Å². The van der Waals surface area contributed by atoms with Gasteiger partial charge in [-0.3, -0.25) is 0 Å². The first-order chi connectivity index (χ1) is 8.33. The predicted molar refractivity (Wildman–Crippen MR) is 68.1 cm³/mol. The van der Waals surface area contributed by atoms with Gasteiger partial charge in [0.05, 0.1) is 23.0 Å². The summed E-state index contributed by atoms with van der Waals surface area (Å²) < 4.78 is 5.32. The lowest BCUT2D eigenvalue weighted by Gasteiger charge is -2.06. The molecule has 1 unspecified atom stereocenters. The van der Waals surface area contributed by atoms with Gasteiger partial charge in [-0.25, -0.2) is 4.98 Å². The van der Waals surface area contributed by atoms with Crippen LogP contribution in [0.25, 0.3) is 0 Å². The van der Waals surface area contributed by atoms with Gasteiger partial charge in [-0.2, -0.15) is 0 Å². The molecule has 3 nitrogen and oxygen atoms in total. The summed E-state index contributed by atoms with van der Waals surface area (Å²) in [5.41, 5.74) is 7.41. The van der Waals surface area contributed by atoms with Gasteiger partial charge in [-0.05, 0) is 37.8 Å². The van der Waals surface area contributed by atoms with Crippen molar-refractivity contribution in [2.24, 2.45) is 5.73 Å². The van der Waals surface area contributed by atoms with Crippen molar-refractivity contribution in [3.8, 4) is 0 Å². The van der Waals surface area contributed by atoms with Gasteiger partial charge in [0, 0.05) is 11.3 Å². The van der Waals surface area contributed by atoms with Crippen LogP contribution in [0.2, 0.25) is 0 Å². The van der Waals surface area contributed by atoms with E-state index in [9.17, 15) is 0 Å². The molecule has 0 saturated heterocycles. The van der Waals surface area contributed by atoms with Crippen LogP contribution < -0.4 is 5.73 Å². The first kappa shape index (κ1) is 11.0. The van der Waals surface area contributed by atoms with Gasteiger partial charge in [-0.15, -0.1) is 11.3 Å². The van der Waals surface area contributed by atoms with E-state index in [0.29, 0.717) is 0 Å². The minimum absolute atomic E-state index is 0.0717. The molecule has 4 heteroatoms. The highest BCUT2D eigenvalue weighted by Gasteiger charge is 2.17. The van der Waals surface area contributed by atoms with E-state index in [0.717, 1.165) is 23.6 Å². The smallest absolute Gasteiger partial charge is 0.120 e. The molecule has 1 atom stereocenters. The molecule has 2 N–H and O–H groups in total. The van der Waals surface area contributed by atoms with Crippen LogP contribution in [-0.4, -0.2) is 4.98 Å². The Kier molecular flexibility index (Phi) is 2.99. The summed E-state index contributed by atoms with van der Waals surface area (Å²) in [5.74, 6) is 0.846. The molecule has 0 saturated carbocycles. The van der Waals surface area contributed by atoms with Crippen LogP contribution in [0.5, 0.6) is 0 Å². The fourth-order valence-corrected chi connectivity index (χ4v) is 3.50. The van der Waals surface area contributed by atoms with Gasteiger partial charge >= 0.3 is 0 Å². The number of aryl methyl sites for hydroxylation is 2. The molecule has 1 aliphatic carbocycles. The van der Waals surface area contributed by atoms with E-state index < -0.39 is 0 Å². The van der Waals surface area contributed by atoms with Gasteiger partial charge in [0.15, 0.2) is 0 Å². The number of thiazole rings is 1. The normalized spacial score (nSPS) is 16.8. The Labute approximate surface area is 105 Å². The maximum Gasteiger partial charge on any atom is 0.120 e. The summed E-state index contributed by atoms with van der Waals surface area (Å²) in [6.07, 6.45) is 7.37. The number of hydrogen-bond acceptors (Lipinski definition) is 4. The van der Waals surface area contributed by atoms with Crippen molar-refractivity contribution in [2.75, 3.05) is 0 Å². The van der Waals surface area contributed by atoms with Gasteiger partial charge in [-0.1, -0.05) is 0 Å². The standard InChI is InChI=1S/C13H16N2OS/c14-9(11-5-3-7-16-11)8-13-15-10-4-1-2-6-12(10)17-13/h3,5,7,9H,1-2,4,6,8,14H2. The molecule has 1 aliphatic rings. The summed E-state index contributed by atoms with van der Waals surface area (Å²) in [5, 5.41) is 1.15. The molecule has 0 aliphatic heterocycles. The van der Waals surface area contributed by atoms with Crippen LogP contribution in [0, 0.1) is 0 Å². The van der Waals surface area contributed by atoms with Crippen LogP contribution in [0.1, 0.15) is 40.2 Å². The van der Waals surface area contributed by atoms with Gasteiger partial charge < -0.3 is 10.2 Å². The average molecular weight is 248 g/mol. The number of nitrogens with two attached hydrogens (primary N) is 1. The Bertz CT molecular complexity index is 466. The third kappa shape index (κ3) is 2.28. The molecule has 2 heterocycles. The minimum atomic E-state index is -0.0717. The van der Waals surface area contributed by atoms with Gasteiger partial charge in [0.2, 0.25) is 0 Å². The molecule has 2 aromatic heterocycles. The van der Waals surface area contributed by atoms with Crippen LogP contribution >= 0.6 is 11.3 Å². The van der Waals surface area contributed by atoms with Crippen molar-refractivity contribution in [2.45, 2.75) is 38.1 Å². The molecular formula is C13H16N2OS. The van der Waals surface area contributed by atoms with E-state index >= 15 is 0 Å². The van der Waals surface area contributed by atoms with Crippen LogP contribution in [0.4, 0.5) is 0 Å². The van der Waals surface area contributed by atoms with Crippen molar-refractivity contribution in [1.82, 2.24) is 4.98 Å². The summed E-state index contributed by atoms with van der Waals surface area (Å²) in [6.45, 7) is 0. The average Bonchev–Trinajstić information content (AvgIpc) is 2.97. The van der Waals surface area contributed by atoms with E-state index in [-0.39, 0.29) is 6.04 Å². The summed E-state index contributed by atoms with van der Waals surface area (Å²) in [4.78, 5) is 6.17. The Morgan fingerprint density at radius 3 is 3.06 bits per heavy atom. The van der Waals surface area contributed by atoms with E-state index in [1.165, 1.54) is 29.8 Å². The second kappa shape index (κ2) is 4.63. The SMILES string of the molecule is NC(Cc1nc2c(s1)CCCC2)c1ccco1. The highest BCUT2D eigenvalue weighted by atomic mass is 32.1. The largest absolute Gasteiger partial charge is 0.468 e. The first-order valence-corrected chi connectivity index (χ1v) is 6.91. The van der Waals surface area contributed by atoms with E-state index in [1.807, 2.05) is 23.5 Å². The quantitative estimate of drug-likeness (QED) is 0.908. The van der Waals surface area contributed by atoms with Crippen molar-refractivity contribution in [1.29, 1.82) is 0 Å². The molecule has 17 heavy (non-hydrogen) atoms. The molecule has 0 spiro atoms. The Hall–Kier alpha value is -1.13. The molecule has 3 rings (SSSR count). The molecular weight excluding hydrogens is 232 g/mol. The number of aromatic nitrogens is 1. The Morgan fingerprint density at radius 1 is 1.41 bits per heavy atom. The number of furan rings is 1. The van der Waals surface area contributed by atoms with E-state index in [2.05, 4.69) is 0 Å². The van der Waals surface area contributed by atoms with Gasteiger partial charge in [0.25, 0.3) is 0 Å². The third-order valence-corrected chi connectivity index (χ3v) is 4.37. The molecule has 0 aromatic carbocycles. The highest BCUT2D eigenvalue weighted by molar-refractivity contribution is 7.11. The maximum absolute atomic E-state index is 6.10. The maximum atomic E-state index is 6.10. The fourth-order valence-electron chi connectivity index (χ4n) is 2.28. The van der Waals surface area contributed by atoms with Crippen molar-refractivity contribution in [3.63, 3.8) is 0 Å². The molecule has 0 radical (unpaired) electrons. The van der Waals surface area contributed by atoms with E-state index in [1.54, 1.807) is 6.26 Å². The zero-order chi connectivity index (χ0) is 11.7. The second-order valence-corrected chi connectivity index (χ2v) is 5.68. The van der Waals surface area contributed by atoms with Crippen molar-refractivity contribution < 1.29 is 4.42 Å². The van der Waals surface area contributed by atoms with Crippen molar-refractivity contribution >= 4 is 11.3 Å². The summed E-state index contributed by atoms with van der Waals surface area (Å²) in [6, 6.07) is 3.73. The lowest BCUT2D eigenvalue weighted by Crippen LogP contribution is -2.12. The zero-order valence-electron chi connectivity index (χ0n) is 9.69. The topological polar surface area (TPSA) is 52.0 Å². The lowest BCUT2D eigenvalue weighted by molar-refractivity contribution is 0.464. The molecule has 90 valence electrons. The summed E-state index contributed by atoms with van der Waals surface area (Å²) in [7, 11) is 0. The number of rotatable bonds is 3. The number of nitrogens with zero attached hydrogens (tertiary/aromatic N) is 1. The zero-order valence-corrected chi connectivity index (χ0v) is 10.5. The fraction of sp³-hybridized carbons (Fsp3) is 0.462. The highest BCUT2D eigenvalue weighted by Crippen LogP contribution is 2.28. The third-order valence-electron chi connectivity index (χ3n) is 3.19. The first-order valence-electron chi connectivity index (χ1n) is 6.09. The lowest BCUT2D eigenvalue weighted by atomic mass is 10.0. The van der Waals surface area contributed by atoms with Gasteiger partial charge in [0.1, 0.15) is 5.76 Å². The Morgan fingerprint density at radius 2 is 2.29 bits per heavy atom. The Balaban J connectivity index is 1.74. The minimum Gasteiger partial charge on any atom is -0.468 e. The molecule has 2 aromatic rings. The van der Waals surface area contributed by atoms with Crippen LogP contribution in [0.15, 0.2) is 22.8 Å². The number of hydrogen-bond donors (Lipinski definition) is 1. The molecule has 0 bridgehead atoms. The molecule has 0 fully saturated rings. The molecule has 0 amide bonds.